The molecule has 0 saturated carbocycles. The van der Waals surface area contributed by atoms with Gasteiger partial charge in [0.2, 0.25) is 5.78 Å². The lowest BCUT2D eigenvalue weighted by Crippen LogP contribution is -2.26. The zero-order chi connectivity index (χ0) is 19.1. The van der Waals surface area contributed by atoms with E-state index in [4.69, 9.17) is 11.6 Å². The highest BCUT2D eigenvalue weighted by molar-refractivity contribution is 7.17. The number of rotatable bonds is 5. The second-order valence-corrected chi connectivity index (χ2v) is 8.26. The molecule has 0 radical (unpaired) electrons. The van der Waals surface area contributed by atoms with Crippen LogP contribution in [-0.4, -0.2) is 18.7 Å². The monoisotopic (exact) mass is 402 g/mol. The molecule has 0 aliphatic heterocycles. The fraction of sp³-hybridized carbons (Fsp3) is 0.316. The summed E-state index contributed by atoms with van der Waals surface area (Å²) in [5, 5.41) is 6.91. The average Bonchev–Trinajstić information content (AvgIpc) is 3.22. The van der Waals surface area contributed by atoms with E-state index in [0.29, 0.717) is 33.5 Å². The molecular formula is C19H19ClN4O2S. The predicted octanol–water partition coefficient (Wildman–Crippen LogP) is 3.62. The van der Waals surface area contributed by atoms with Crippen LogP contribution in [0.5, 0.6) is 0 Å². The lowest BCUT2D eigenvalue weighted by molar-refractivity contribution is 0.512. The third-order valence-corrected chi connectivity index (χ3v) is 5.86. The summed E-state index contributed by atoms with van der Waals surface area (Å²) in [5.41, 5.74) is 1.05. The van der Waals surface area contributed by atoms with E-state index in [1.54, 1.807) is 16.7 Å². The van der Waals surface area contributed by atoms with Gasteiger partial charge in [0, 0.05) is 11.6 Å². The van der Waals surface area contributed by atoms with Gasteiger partial charge in [-0.05, 0) is 35.4 Å². The Labute approximate surface area is 164 Å². The molecule has 0 aliphatic rings. The Morgan fingerprint density at radius 2 is 1.96 bits per heavy atom. The quantitative estimate of drug-likeness (QED) is 0.512. The van der Waals surface area contributed by atoms with E-state index in [1.807, 2.05) is 23.6 Å². The number of benzene rings is 1. The molecule has 0 saturated heterocycles. The maximum Gasteiger partial charge on any atom is 0.352 e. The fourth-order valence-electron chi connectivity index (χ4n) is 3.11. The fourth-order valence-corrected chi connectivity index (χ4v) is 4.13. The second kappa shape index (κ2) is 6.98. The van der Waals surface area contributed by atoms with Crippen LogP contribution in [0.15, 0.2) is 45.3 Å². The largest absolute Gasteiger partial charge is 0.352 e. The van der Waals surface area contributed by atoms with Crippen LogP contribution in [0.4, 0.5) is 0 Å². The van der Waals surface area contributed by atoms with Crippen molar-refractivity contribution in [1.82, 2.24) is 18.7 Å². The number of hydrogen-bond donors (Lipinski definition) is 0. The molecule has 0 N–H and O–H groups in total. The van der Waals surface area contributed by atoms with E-state index in [9.17, 15) is 9.59 Å². The highest BCUT2D eigenvalue weighted by Crippen LogP contribution is 2.19. The molecule has 3 aromatic heterocycles. The summed E-state index contributed by atoms with van der Waals surface area (Å²) in [4.78, 5) is 26.0. The van der Waals surface area contributed by atoms with Crippen LogP contribution in [0.2, 0.25) is 5.02 Å². The van der Waals surface area contributed by atoms with Gasteiger partial charge in [0.05, 0.1) is 12.1 Å². The minimum Gasteiger partial charge on any atom is -0.276 e. The number of fused-ring (bicyclic) bond motifs is 3. The van der Waals surface area contributed by atoms with Gasteiger partial charge in [-0.3, -0.25) is 9.36 Å². The number of halogens is 1. The third kappa shape index (κ3) is 3.11. The average molecular weight is 403 g/mol. The summed E-state index contributed by atoms with van der Waals surface area (Å²) in [7, 11) is 0. The first-order chi connectivity index (χ1) is 13.0. The van der Waals surface area contributed by atoms with Crippen LogP contribution in [-0.2, 0) is 13.1 Å². The molecule has 0 amide bonds. The van der Waals surface area contributed by atoms with Crippen molar-refractivity contribution < 1.29 is 0 Å². The predicted molar refractivity (Wildman–Crippen MR) is 109 cm³/mol. The maximum atomic E-state index is 13.1. The van der Waals surface area contributed by atoms with Crippen LogP contribution in [0, 0.1) is 5.92 Å². The Balaban J connectivity index is 1.95. The summed E-state index contributed by atoms with van der Waals surface area (Å²) in [5.74, 6) is 0.816. The van der Waals surface area contributed by atoms with Crippen molar-refractivity contribution in [3.63, 3.8) is 0 Å². The lowest BCUT2D eigenvalue weighted by atomic mass is 10.1. The van der Waals surface area contributed by atoms with Crippen LogP contribution in [0.1, 0.15) is 25.8 Å². The summed E-state index contributed by atoms with van der Waals surface area (Å²) >= 11 is 7.59. The van der Waals surface area contributed by atoms with Gasteiger partial charge in [-0.25, -0.2) is 13.9 Å². The molecule has 4 rings (SSSR count). The molecule has 0 atom stereocenters. The van der Waals surface area contributed by atoms with E-state index >= 15 is 0 Å². The van der Waals surface area contributed by atoms with Crippen molar-refractivity contribution >= 4 is 38.9 Å². The first-order valence-corrected chi connectivity index (χ1v) is 10.1. The van der Waals surface area contributed by atoms with Gasteiger partial charge in [0.25, 0.3) is 5.56 Å². The molecule has 6 nitrogen and oxygen atoms in total. The van der Waals surface area contributed by atoms with E-state index in [1.165, 1.54) is 20.4 Å². The molecule has 8 heteroatoms. The number of nitrogens with zero attached hydrogens (tertiary/aromatic N) is 4. The zero-order valence-corrected chi connectivity index (χ0v) is 16.6. The number of aromatic nitrogens is 4. The molecule has 0 bridgehead atoms. The molecule has 27 heavy (non-hydrogen) atoms. The minimum absolute atomic E-state index is 0.0944. The smallest absolute Gasteiger partial charge is 0.276 e. The van der Waals surface area contributed by atoms with Crippen molar-refractivity contribution in [2.24, 2.45) is 5.92 Å². The first-order valence-electron chi connectivity index (χ1n) is 8.80. The van der Waals surface area contributed by atoms with Gasteiger partial charge in [-0.1, -0.05) is 43.6 Å². The van der Waals surface area contributed by atoms with Crippen molar-refractivity contribution in [2.75, 3.05) is 0 Å². The topological polar surface area (TPSA) is 61.3 Å². The summed E-state index contributed by atoms with van der Waals surface area (Å²) in [6.45, 7) is 4.99. The van der Waals surface area contributed by atoms with Crippen LogP contribution in [0.3, 0.4) is 0 Å². The maximum absolute atomic E-state index is 13.1. The lowest BCUT2D eigenvalue weighted by Gasteiger charge is -2.09. The molecular weight excluding hydrogens is 384 g/mol. The first kappa shape index (κ1) is 18.0. The van der Waals surface area contributed by atoms with Gasteiger partial charge in [-0.2, -0.15) is 0 Å². The van der Waals surface area contributed by atoms with Crippen molar-refractivity contribution in [1.29, 1.82) is 0 Å². The molecule has 0 unspecified atom stereocenters. The third-order valence-electron chi connectivity index (χ3n) is 4.60. The zero-order valence-electron chi connectivity index (χ0n) is 15.1. The highest BCUT2D eigenvalue weighted by atomic mass is 35.5. The van der Waals surface area contributed by atoms with Crippen LogP contribution < -0.4 is 11.2 Å². The molecule has 140 valence electrons. The molecule has 0 fully saturated rings. The summed E-state index contributed by atoms with van der Waals surface area (Å²) in [6.07, 6.45) is 0.831. The van der Waals surface area contributed by atoms with E-state index < -0.39 is 0 Å². The number of hydrogen-bond acceptors (Lipinski definition) is 4. The molecule has 0 spiro atoms. The van der Waals surface area contributed by atoms with Crippen molar-refractivity contribution in [2.45, 2.75) is 33.4 Å². The Kier molecular flexibility index (Phi) is 4.65. The van der Waals surface area contributed by atoms with Gasteiger partial charge >= 0.3 is 5.69 Å². The Hall–Kier alpha value is -2.38. The Bertz CT molecular complexity index is 1250. The van der Waals surface area contributed by atoms with Gasteiger partial charge in [-0.15, -0.1) is 16.4 Å². The normalized spacial score (nSPS) is 11.9. The Morgan fingerprint density at radius 3 is 2.70 bits per heavy atom. The molecule has 0 aliphatic carbocycles. The highest BCUT2D eigenvalue weighted by Gasteiger charge is 2.18. The molecule has 4 aromatic rings. The van der Waals surface area contributed by atoms with E-state index in [-0.39, 0.29) is 17.8 Å². The van der Waals surface area contributed by atoms with Gasteiger partial charge in [0.15, 0.2) is 0 Å². The number of aryl methyl sites for hydroxylation is 1. The molecule has 3 heterocycles. The van der Waals surface area contributed by atoms with E-state index in [0.717, 1.165) is 12.0 Å². The summed E-state index contributed by atoms with van der Waals surface area (Å²) in [6, 6.07) is 9.16. The standard InChI is InChI=1S/C19H19ClN4O2S/c1-12(2)7-9-22-17(25)16-15(8-10-27-16)24-18(22)21-23(19(24)26)11-13-5-3-4-6-14(13)20/h3-6,8,10,12H,7,9,11H2,1-2H3. The van der Waals surface area contributed by atoms with E-state index in [2.05, 4.69) is 18.9 Å². The minimum atomic E-state index is -0.272. The molecule has 1 aromatic carbocycles. The Morgan fingerprint density at radius 1 is 1.19 bits per heavy atom. The second-order valence-electron chi connectivity index (χ2n) is 6.94. The van der Waals surface area contributed by atoms with Gasteiger partial charge < -0.3 is 0 Å². The van der Waals surface area contributed by atoms with Crippen LogP contribution >= 0.6 is 22.9 Å². The van der Waals surface area contributed by atoms with Crippen LogP contribution in [0.25, 0.3) is 16.0 Å². The SMILES string of the molecule is CC(C)CCn1c(=O)c2sccc2n2c(=O)n(Cc3ccccc3Cl)nc12. The summed E-state index contributed by atoms with van der Waals surface area (Å²) < 4.78 is 5.10. The van der Waals surface area contributed by atoms with Crippen molar-refractivity contribution in [3.8, 4) is 0 Å². The van der Waals surface area contributed by atoms with Crippen molar-refractivity contribution in [3.05, 3.63) is 67.1 Å². The van der Waals surface area contributed by atoms with Gasteiger partial charge in [0.1, 0.15) is 4.70 Å². The number of thiophene rings is 1.